The number of phenolic OH excluding ortho intramolecular Hbond substituents is 1. The van der Waals surface area contributed by atoms with E-state index in [0.717, 1.165) is 12.1 Å². The van der Waals surface area contributed by atoms with Crippen LogP contribution in [0, 0.1) is 11.6 Å². The van der Waals surface area contributed by atoms with Crippen molar-refractivity contribution in [3.8, 4) is 5.75 Å². The van der Waals surface area contributed by atoms with Gasteiger partial charge in [-0.05, 0) is 30.3 Å². The maximum absolute atomic E-state index is 13.3. The van der Waals surface area contributed by atoms with Gasteiger partial charge in [0.25, 0.3) is 5.91 Å². The first-order valence-electron chi connectivity index (χ1n) is 5.23. The molecule has 0 bridgehead atoms. The molecule has 6 heteroatoms. The summed E-state index contributed by atoms with van der Waals surface area (Å²) >= 11 is 5.65. The molecule has 0 aliphatic carbocycles. The van der Waals surface area contributed by atoms with Crippen molar-refractivity contribution in [2.75, 3.05) is 5.32 Å². The SMILES string of the molecule is O=C(Nc1c(F)cccc1F)c1ccc(O)c(Cl)c1. The smallest absolute Gasteiger partial charge is 0.255 e. The van der Waals surface area contributed by atoms with Crippen molar-refractivity contribution in [2.24, 2.45) is 0 Å². The van der Waals surface area contributed by atoms with Crippen LogP contribution in [0.5, 0.6) is 5.75 Å². The number of aromatic hydroxyl groups is 1. The van der Waals surface area contributed by atoms with Gasteiger partial charge in [-0.15, -0.1) is 0 Å². The van der Waals surface area contributed by atoms with Crippen LogP contribution in [0.15, 0.2) is 36.4 Å². The summed E-state index contributed by atoms with van der Waals surface area (Å²) in [7, 11) is 0. The minimum absolute atomic E-state index is 0.0262. The average Bonchev–Trinajstić information content (AvgIpc) is 2.37. The maximum Gasteiger partial charge on any atom is 0.255 e. The highest BCUT2D eigenvalue weighted by Crippen LogP contribution is 2.25. The van der Waals surface area contributed by atoms with Gasteiger partial charge in [-0.1, -0.05) is 17.7 Å². The van der Waals surface area contributed by atoms with Crippen LogP contribution < -0.4 is 5.32 Å². The van der Waals surface area contributed by atoms with Crippen LogP contribution in [0.25, 0.3) is 0 Å². The molecule has 2 rings (SSSR count). The highest BCUT2D eigenvalue weighted by molar-refractivity contribution is 6.32. The molecule has 0 saturated carbocycles. The van der Waals surface area contributed by atoms with Crippen LogP contribution in [0.3, 0.4) is 0 Å². The number of carbonyl (C=O) groups is 1. The third kappa shape index (κ3) is 2.82. The molecule has 0 radical (unpaired) electrons. The number of halogens is 3. The normalized spacial score (nSPS) is 10.3. The molecular weight excluding hydrogens is 276 g/mol. The van der Waals surface area contributed by atoms with Crippen LogP contribution in [0.1, 0.15) is 10.4 Å². The average molecular weight is 284 g/mol. The van der Waals surface area contributed by atoms with Crippen LogP contribution in [0.2, 0.25) is 5.02 Å². The van der Waals surface area contributed by atoms with Crippen molar-refractivity contribution in [1.29, 1.82) is 0 Å². The zero-order chi connectivity index (χ0) is 14.0. The summed E-state index contributed by atoms with van der Waals surface area (Å²) in [5, 5.41) is 11.3. The van der Waals surface area contributed by atoms with Crippen LogP contribution >= 0.6 is 11.6 Å². The topological polar surface area (TPSA) is 49.3 Å². The Hall–Kier alpha value is -2.14. The first-order chi connectivity index (χ1) is 8.99. The molecule has 0 aromatic heterocycles. The van der Waals surface area contributed by atoms with Gasteiger partial charge in [-0.2, -0.15) is 0 Å². The summed E-state index contributed by atoms with van der Waals surface area (Å²) in [6, 6.07) is 6.96. The van der Waals surface area contributed by atoms with E-state index in [1.54, 1.807) is 0 Å². The molecule has 0 aliphatic rings. The Bertz CT molecular complexity index is 626. The van der Waals surface area contributed by atoms with Crippen molar-refractivity contribution < 1.29 is 18.7 Å². The molecular formula is C13H8ClF2NO2. The van der Waals surface area contributed by atoms with Gasteiger partial charge in [0.05, 0.1) is 5.02 Å². The van der Waals surface area contributed by atoms with E-state index in [-0.39, 0.29) is 16.3 Å². The molecule has 19 heavy (non-hydrogen) atoms. The van der Waals surface area contributed by atoms with Crippen LogP contribution in [0.4, 0.5) is 14.5 Å². The predicted molar refractivity (Wildman–Crippen MR) is 67.4 cm³/mol. The fraction of sp³-hybridized carbons (Fsp3) is 0. The molecule has 0 spiro atoms. The van der Waals surface area contributed by atoms with Crippen molar-refractivity contribution in [3.63, 3.8) is 0 Å². The second kappa shape index (κ2) is 5.24. The fourth-order valence-electron chi connectivity index (χ4n) is 1.45. The molecule has 0 aliphatic heterocycles. The molecule has 1 amide bonds. The molecule has 3 nitrogen and oxygen atoms in total. The van der Waals surface area contributed by atoms with Gasteiger partial charge in [0.15, 0.2) is 0 Å². The monoisotopic (exact) mass is 283 g/mol. The lowest BCUT2D eigenvalue weighted by Crippen LogP contribution is -2.14. The van der Waals surface area contributed by atoms with Crippen LogP contribution in [-0.2, 0) is 0 Å². The second-order valence-electron chi connectivity index (χ2n) is 3.72. The first kappa shape index (κ1) is 13.3. The highest BCUT2D eigenvalue weighted by atomic mass is 35.5. The molecule has 2 N–H and O–H groups in total. The van der Waals surface area contributed by atoms with Crippen LogP contribution in [-0.4, -0.2) is 11.0 Å². The Kier molecular flexibility index (Phi) is 3.66. The number of para-hydroxylation sites is 1. The summed E-state index contributed by atoms with van der Waals surface area (Å²) in [5.74, 6) is -2.67. The Morgan fingerprint density at radius 3 is 2.37 bits per heavy atom. The number of carbonyl (C=O) groups excluding carboxylic acids is 1. The second-order valence-corrected chi connectivity index (χ2v) is 4.12. The van der Waals surface area contributed by atoms with E-state index >= 15 is 0 Å². The van der Waals surface area contributed by atoms with Gasteiger partial charge in [-0.3, -0.25) is 4.79 Å². The molecule has 0 saturated heterocycles. The first-order valence-corrected chi connectivity index (χ1v) is 5.60. The molecule has 2 aromatic carbocycles. The standard InChI is InChI=1S/C13H8ClF2NO2/c14-8-6-7(4-5-11(8)18)13(19)17-12-9(15)2-1-3-10(12)16/h1-6,18H,(H,17,19). The third-order valence-electron chi connectivity index (χ3n) is 2.41. The zero-order valence-corrected chi connectivity index (χ0v) is 10.2. The van der Waals surface area contributed by atoms with Gasteiger partial charge in [0.1, 0.15) is 23.1 Å². The lowest BCUT2D eigenvalue weighted by molar-refractivity contribution is 0.102. The number of amides is 1. The number of phenols is 1. The van der Waals surface area contributed by atoms with Crippen molar-refractivity contribution in [3.05, 3.63) is 58.6 Å². The van der Waals surface area contributed by atoms with Gasteiger partial charge in [0, 0.05) is 5.56 Å². The maximum atomic E-state index is 13.3. The van der Waals surface area contributed by atoms with E-state index < -0.39 is 23.2 Å². The highest BCUT2D eigenvalue weighted by Gasteiger charge is 2.14. The molecule has 0 heterocycles. The van der Waals surface area contributed by atoms with E-state index in [9.17, 15) is 18.7 Å². The molecule has 0 fully saturated rings. The number of hydrogen-bond donors (Lipinski definition) is 2. The van der Waals surface area contributed by atoms with Gasteiger partial charge in [-0.25, -0.2) is 8.78 Å². The van der Waals surface area contributed by atoms with Gasteiger partial charge >= 0.3 is 0 Å². The third-order valence-corrected chi connectivity index (χ3v) is 2.71. The largest absolute Gasteiger partial charge is 0.506 e. The van der Waals surface area contributed by atoms with E-state index in [0.29, 0.717) is 0 Å². The van der Waals surface area contributed by atoms with Crippen molar-refractivity contribution in [2.45, 2.75) is 0 Å². The van der Waals surface area contributed by atoms with Gasteiger partial charge in [0.2, 0.25) is 0 Å². The summed E-state index contributed by atoms with van der Waals surface area (Å²) in [6.07, 6.45) is 0. The zero-order valence-electron chi connectivity index (χ0n) is 9.45. The Morgan fingerprint density at radius 2 is 1.79 bits per heavy atom. The molecule has 0 unspecified atom stereocenters. The molecule has 98 valence electrons. The minimum Gasteiger partial charge on any atom is -0.506 e. The summed E-state index contributed by atoms with van der Waals surface area (Å²) in [6.45, 7) is 0. The molecule has 0 atom stereocenters. The lowest BCUT2D eigenvalue weighted by Gasteiger charge is -2.08. The predicted octanol–water partition coefficient (Wildman–Crippen LogP) is 3.58. The summed E-state index contributed by atoms with van der Waals surface area (Å²) in [4.78, 5) is 11.8. The number of benzene rings is 2. The van der Waals surface area contributed by atoms with E-state index in [2.05, 4.69) is 5.32 Å². The number of hydrogen-bond acceptors (Lipinski definition) is 2. The van der Waals surface area contributed by atoms with Crippen molar-refractivity contribution in [1.82, 2.24) is 0 Å². The van der Waals surface area contributed by atoms with E-state index in [1.165, 1.54) is 24.3 Å². The lowest BCUT2D eigenvalue weighted by atomic mass is 10.2. The van der Waals surface area contributed by atoms with E-state index in [1.807, 2.05) is 0 Å². The quantitative estimate of drug-likeness (QED) is 0.885. The van der Waals surface area contributed by atoms with Crippen molar-refractivity contribution >= 4 is 23.2 Å². The fourth-order valence-corrected chi connectivity index (χ4v) is 1.63. The number of rotatable bonds is 2. The van der Waals surface area contributed by atoms with E-state index in [4.69, 9.17) is 11.6 Å². The Morgan fingerprint density at radius 1 is 1.16 bits per heavy atom. The molecule has 2 aromatic rings. The Balaban J connectivity index is 2.28. The number of anilines is 1. The number of nitrogens with one attached hydrogen (secondary N) is 1. The van der Waals surface area contributed by atoms with Gasteiger partial charge < -0.3 is 10.4 Å². The minimum atomic E-state index is -0.877. The summed E-state index contributed by atoms with van der Waals surface area (Å²) in [5.41, 5.74) is -0.456. The summed E-state index contributed by atoms with van der Waals surface area (Å²) < 4.78 is 26.7. The Labute approximate surface area is 112 Å².